The normalized spacial score (nSPS) is 10.5. The number of anilines is 3. The molecule has 0 unspecified atom stereocenters. The van der Waals surface area contributed by atoms with E-state index in [0.717, 1.165) is 4.68 Å². The molecule has 0 aliphatic rings. The van der Waals surface area contributed by atoms with Gasteiger partial charge in [0, 0.05) is 24.0 Å². The second kappa shape index (κ2) is 8.04. The number of hydrogen-bond donors (Lipinski definition) is 3. The minimum Gasteiger partial charge on any atom is -0.326 e. The van der Waals surface area contributed by atoms with Crippen molar-refractivity contribution in [2.24, 2.45) is 0 Å². The molecule has 7 nitrogen and oxygen atoms in total. The molecule has 24 heavy (non-hydrogen) atoms. The van der Waals surface area contributed by atoms with Crippen LogP contribution < -0.4 is 16.0 Å². The summed E-state index contributed by atoms with van der Waals surface area (Å²) in [6, 6.07) is 6.09. The Morgan fingerprint density at radius 1 is 1.17 bits per heavy atom. The molecule has 0 atom stereocenters. The van der Waals surface area contributed by atoms with Crippen LogP contribution in [-0.2, 0) is 11.3 Å². The number of nitrogens with one attached hydrogen (secondary N) is 3. The number of carbonyl (C=O) groups excluding carboxylic acids is 2. The summed E-state index contributed by atoms with van der Waals surface area (Å²) in [6.45, 7) is 1.20. The highest BCUT2D eigenvalue weighted by molar-refractivity contribution is 6.00. The van der Waals surface area contributed by atoms with E-state index in [2.05, 4.69) is 21.0 Å². The number of aromatic nitrogens is 2. The fourth-order valence-electron chi connectivity index (χ4n) is 1.89. The lowest BCUT2D eigenvalue weighted by Gasteiger charge is -2.08. The monoisotopic (exact) mass is 337 g/mol. The van der Waals surface area contributed by atoms with Crippen LogP contribution >= 0.6 is 0 Å². The molecule has 0 fully saturated rings. The Hall–Kier alpha value is -2.97. The molecule has 1 heterocycles. The SMILES string of the molecule is CCC(=O)Nc1cccc(NC(=O)Nc2cnn(CC(F)F)c2)c1. The first-order valence-electron chi connectivity index (χ1n) is 7.24. The zero-order valence-corrected chi connectivity index (χ0v) is 12.9. The van der Waals surface area contributed by atoms with Crippen LogP contribution in [0.2, 0.25) is 0 Å². The van der Waals surface area contributed by atoms with E-state index in [1.54, 1.807) is 31.2 Å². The van der Waals surface area contributed by atoms with Crippen LogP contribution in [0.1, 0.15) is 13.3 Å². The topological polar surface area (TPSA) is 88.1 Å². The molecule has 0 spiro atoms. The lowest BCUT2D eigenvalue weighted by atomic mass is 10.2. The predicted molar refractivity (Wildman–Crippen MR) is 86.2 cm³/mol. The van der Waals surface area contributed by atoms with Crippen LogP contribution in [0.3, 0.4) is 0 Å². The molecule has 0 aliphatic heterocycles. The highest BCUT2D eigenvalue weighted by Crippen LogP contribution is 2.16. The van der Waals surface area contributed by atoms with E-state index in [1.165, 1.54) is 12.4 Å². The number of urea groups is 1. The van der Waals surface area contributed by atoms with Crippen molar-refractivity contribution in [1.82, 2.24) is 9.78 Å². The molecule has 1 aromatic carbocycles. The molecule has 0 bridgehead atoms. The van der Waals surface area contributed by atoms with Gasteiger partial charge in [0.25, 0.3) is 6.43 Å². The highest BCUT2D eigenvalue weighted by Gasteiger charge is 2.08. The number of amides is 3. The van der Waals surface area contributed by atoms with E-state index in [1.807, 2.05) is 0 Å². The molecular weight excluding hydrogens is 320 g/mol. The third-order valence-electron chi connectivity index (χ3n) is 2.94. The molecule has 0 saturated carbocycles. The first-order valence-corrected chi connectivity index (χ1v) is 7.24. The van der Waals surface area contributed by atoms with Crippen molar-refractivity contribution >= 4 is 29.0 Å². The molecule has 128 valence electrons. The minimum absolute atomic E-state index is 0.136. The maximum atomic E-state index is 12.2. The fraction of sp³-hybridized carbons (Fsp3) is 0.267. The molecular formula is C15H17F2N5O2. The Kier molecular flexibility index (Phi) is 5.83. The summed E-state index contributed by atoms with van der Waals surface area (Å²) in [5, 5.41) is 11.5. The maximum Gasteiger partial charge on any atom is 0.323 e. The fourth-order valence-corrected chi connectivity index (χ4v) is 1.89. The number of nitrogens with zero attached hydrogens (tertiary/aromatic N) is 2. The number of alkyl halides is 2. The van der Waals surface area contributed by atoms with Crippen LogP contribution in [0.15, 0.2) is 36.7 Å². The third kappa shape index (κ3) is 5.34. The Labute approximate surface area is 137 Å². The number of benzene rings is 1. The first-order chi connectivity index (χ1) is 11.5. The van der Waals surface area contributed by atoms with Crippen LogP contribution in [0.5, 0.6) is 0 Å². The van der Waals surface area contributed by atoms with E-state index in [4.69, 9.17) is 0 Å². The van der Waals surface area contributed by atoms with Crippen LogP contribution in [0, 0.1) is 0 Å². The Morgan fingerprint density at radius 3 is 2.50 bits per heavy atom. The first kappa shape index (κ1) is 17.4. The smallest absolute Gasteiger partial charge is 0.323 e. The van der Waals surface area contributed by atoms with Crippen molar-refractivity contribution in [1.29, 1.82) is 0 Å². The number of carbonyl (C=O) groups is 2. The van der Waals surface area contributed by atoms with Crippen molar-refractivity contribution in [3.63, 3.8) is 0 Å². The van der Waals surface area contributed by atoms with Crippen molar-refractivity contribution in [2.45, 2.75) is 26.3 Å². The van der Waals surface area contributed by atoms with Crippen LogP contribution in [-0.4, -0.2) is 28.1 Å². The van der Waals surface area contributed by atoms with Gasteiger partial charge in [0.15, 0.2) is 0 Å². The van der Waals surface area contributed by atoms with Crippen molar-refractivity contribution < 1.29 is 18.4 Å². The second-order valence-corrected chi connectivity index (χ2v) is 4.90. The van der Waals surface area contributed by atoms with Gasteiger partial charge in [-0.3, -0.25) is 9.48 Å². The summed E-state index contributed by atoms with van der Waals surface area (Å²) >= 11 is 0. The number of halogens is 2. The second-order valence-electron chi connectivity index (χ2n) is 4.90. The maximum absolute atomic E-state index is 12.2. The summed E-state index contributed by atoms with van der Waals surface area (Å²) in [4.78, 5) is 23.3. The van der Waals surface area contributed by atoms with Crippen molar-refractivity contribution in [2.75, 3.05) is 16.0 Å². The summed E-state index contributed by atoms with van der Waals surface area (Å²) in [6.07, 6.45) is 0.414. The summed E-state index contributed by atoms with van der Waals surface area (Å²) < 4.78 is 25.5. The molecule has 1 aromatic heterocycles. The van der Waals surface area contributed by atoms with Crippen molar-refractivity contribution in [3.8, 4) is 0 Å². The molecule has 2 rings (SSSR count). The average Bonchev–Trinajstić information content (AvgIpc) is 2.93. The summed E-state index contributed by atoms with van der Waals surface area (Å²) in [5.74, 6) is -0.136. The zero-order valence-electron chi connectivity index (χ0n) is 12.9. The third-order valence-corrected chi connectivity index (χ3v) is 2.94. The van der Waals surface area contributed by atoms with Gasteiger partial charge in [-0.15, -0.1) is 0 Å². The lowest BCUT2D eigenvalue weighted by Crippen LogP contribution is -2.19. The van der Waals surface area contributed by atoms with Gasteiger partial charge < -0.3 is 16.0 Å². The van der Waals surface area contributed by atoms with Gasteiger partial charge >= 0.3 is 6.03 Å². The average molecular weight is 337 g/mol. The van der Waals surface area contributed by atoms with Crippen LogP contribution in [0.25, 0.3) is 0 Å². The molecule has 0 radical (unpaired) electrons. The summed E-state index contributed by atoms with van der Waals surface area (Å²) in [5.41, 5.74) is 1.33. The van der Waals surface area contributed by atoms with Crippen LogP contribution in [0.4, 0.5) is 30.6 Å². The quantitative estimate of drug-likeness (QED) is 0.756. The Morgan fingerprint density at radius 2 is 1.83 bits per heavy atom. The van der Waals surface area contributed by atoms with Gasteiger partial charge in [0.05, 0.1) is 11.9 Å². The van der Waals surface area contributed by atoms with Gasteiger partial charge in [0.1, 0.15) is 6.54 Å². The standard InChI is InChI=1S/C15H17F2N5O2/c1-2-14(23)19-10-4-3-5-11(6-10)20-15(24)21-12-7-18-22(8-12)9-13(16)17/h3-8,13H,2,9H2,1H3,(H,19,23)(H2,20,21,24). The number of rotatable bonds is 6. The van der Waals surface area contributed by atoms with E-state index < -0.39 is 19.0 Å². The minimum atomic E-state index is -2.52. The molecule has 0 aliphatic carbocycles. The van der Waals surface area contributed by atoms with Gasteiger partial charge in [0.2, 0.25) is 5.91 Å². The molecule has 0 saturated heterocycles. The molecule has 3 amide bonds. The van der Waals surface area contributed by atoms with Gasteiger partial charge in [-0.2, -0.15) is 5.10 Å². The van der Waals surface area contributed by atoms with Gasteiger partial charge in [-0.05, 0) is 18.2 Å². The number of hydrogen-bond acceptors (Lipinski definition) is 3. The Bertz CT molecular complexity index is 717. The van der Waals surface area contributed by atoms with Crippen molar-refractivity contribution in [3.05, 3.63) is 36.7 Å². The molecule has 3 N–H and O–H groups in total. The van der Waals surface area contributed by atoms with Gasteiger partial charge in [-0.1, -0.05) is 13.0 Å². The Balaban J connectivity index is 1.93. The van der Waals surface area contributed by atoms with E-state index >= 15 is 0 Å². The lowest BCUT2D eigenvalue weighted by molar-refractivity contribution is -0.115. The van der Waals surface area contributed by atoms with E-state index in [-0.39, 0.29) is 5.91 Å². The largest absolute Gasteiger partial charge is 0.326 e. The van der Waals surface area contributed by atoms with E-state index in [9.17, 15) is 18.4 Å². The highest BCUT2D eigenvalue weighted by atomic mass is 19.3. The summed E-state index contributed by atoms with van der Waals surface area (Å²) in [7, 11) is 0. The zero-order chi connectivity index (χ0) is 17.5. The van der Waals surface area contributed by atoms with E-state index in [0.29, 0.717) is 23.5 Å². The predicted octanol–water partition coefficient (Wildman–Crippen LogP) is 3.14. The molecule has 2 aromatic rings. The van der Waals surface area contributed by atoms with Gasteiger partial charge in [-0.25, -0.2) is 13.6 Å². The molecule has 9 heteroatoms.